The Balaban J connectivity index is 1.81. The third kappa shape index (κ3) is 3.47. The van der Waals surface area contributed by atoms with Crippen LogP contribution in [-0.4, -0.2) is 39.7 Å². The van der Waals surface area contributed by atoms with Crippen LogP contribution in [-0.2, 0) is 11.2 Å². The Labute approximate surface area is 147 Å². The summed E-state index contributed by atoms with van der Waals surface area (Å²) in [5.74, 6) is 0.131. The number of aromatic nitrogens is 2. The number of halogens is 1. The molecule has 0 aliphatic carbocycles. The lowest BCUT2D eigenvalue weighted by atomic mass is 10.0. The average molecular weight is 347 g/mol. The van der Waals surface area contributed by atoms with Crippen molar-refractivity contribution >= 4 is 17.5 Å². The summed E-state index contributed by atoms with van der Waals surface area (Å²) in [4.78, 5) is 14.5. The van der Waals surface area contributed by atoms with Crippen LogP contribution in [0.2, 0.25) is 5.02 Å². The third-order valence-corrected chi connectivity index (χ3v) is 4.90. The molecule has 1 aliphatic rings. The van der Waals surface area contributed by atoms with Crippen LogP contribution in [0.4, 0.5) is 0 Å². The number of benzene rings is 1. The van der Waals surface area contributed by atoms with Gasteiger partial charge in [0.25, 0.3) is 0 Å². The molecule has 5 nitrogen and oxygen atoms in total. The van der Waals surface area contributed by atoms with Gasteiger partial charge < -0.3 is 10.6 Å². The molecule has 1 unspecified atom stereocenters. The maximum atomic E-state index is 12.6. The topological polar surface area (TPSA) is 64.2 Å². The Hall–Kier alpha value is -1.85. The summed E-state index contributed by atoms with van der Waals surface area (Å²) >= 11 is 5.95. The van der Waals surface area contributed by atoms with Crippen molar-refractivity contribution in [3.05, 3.63) is 46.2 Å². The van der Waals surface area contributed by atoms with Gasteiger partial charge in [-0.15, -0.1) is 0 Å². The molecule has 1 atom stereocenters. The van der Waals surface area contributed by atoms with Crippen molar-refractivity contribution < 1.29 is 4.79 Å². The minimum atomic E-state index is 0.0988. The quantitative estimate of drug-likeness (QED) is 0.929. The molecule has 2 N–H and O–H groups in total. The summed E-state index contributed by atoms with van der Waals surface area (Å²) in [6.07, 6.45) is 2.35. The second kappa shape index (κ2) is 6.95. The standard InChI is InChI=1S/C18H23ClN4O/c1-12-17(10-18(24)22-9-3-4-15(20)11-22)13(2)23(21-12)16-7-5-14(19)6-8-16/h5-8,15H,3-4,9-11,20H2,1-2H3. The molecule has 0 bridgehead atoms. The lowest BCUT2D eigenvalue weighted by molar-refractivity contribution is -0.131. The molecule has 24 heavy (non-hydrogen) atoms. The van der Waals surface area contributed by atoms with Gasteiger partial charge in [0, 0.05) is 35.4 Å². The molecule has 0 saturated carbocycles. The molecule has 1 saturated heterocycles. The first-order valence-electron chi connectivity index (χ1n) is 8.30. The SMILES string of the molecule is Cc1nn(-c2ccc(Cl)cc2)c(C)c1CC(=O)N1CCCC(N)C1. The third-order valence-electron chi connectivity index (χ3n) is 4.65. The maximum Gasteiger partial charge on any atom is 0.227 e. The maximum absolute atomic E-state index is 12.6. The second-order valence-electron chi connectivity index (χ2n) is 6.46. The first-order valence-corrected chi connectivity index (χ1v) is 8.68. The Morgan fingerprint density at radius 2 is 2.04 bits per heavy atom. The average Bonchev–Trinajstić information content (AvgIpc) is 2.84. The van der Waals surface area contributed by atoms with E-state index in [9.17, 15) is 4.79 Å². The summed E-state index contributed by atoms with van der Waals surface area (Å²) in [5.41, 5.74) is 9.80. The van der Waals surface area contributed by atoms with Gasteiger partial charge in [-0.1, -0.05) is 11.6 Å². The van der Waals surface area contributed by atoms with Crippen LogP contribution in [0.3, 0.4) is 0 Å². The van der Waals surface area contributed by atoms with Gasteiger partial charge in [-0.25, -0.2) is 4.68 Å². The van der Waals surface area contributed by atoms with Crippen LogP contribution in [0.15, 0.2) is 24.3 Å². The van der Waals surface area contributed by atoms with E-state index in [0.717, 1.165) is 42.0 Å². The van der Waals surface area contributed by atoms with Crippen LogP contribution >= 0.6 is 11.6 Å². The van der Waals surface area contributed by atoms with E-state index >= 15 is 0 Å². The number of aryl methyl sites for hydroxylation is 1. The van der Waals surface area contributed by atoms with Gasteiger partial charge in [0.15, 0.2) is 0 Å². The molecule has 6 heteroatoms. The van der Waals surface area contributed by atoms with Gasteiger partial charge in [-0.05, 0) is 51.0 Å². The van der Waals surface area contributed by atoms with E-state index < -0.39 is 0 Å². The van der Waals surface area contributed by atoms with E-state index in [1.807, 2.05) is 47.7 Å². The first-order chi connectivity index (χ1) is 11.5. The summed E-state index contributed by atoms with van der Waals surface area (Å²) in [6.45, 7) is 5.40. The lowest BCUT2D eigenvalue weighted by Crippen LogP contribution is -2.46. The van der Waals surface area contributed by atoms with E-state index in [1.165, 1.54) is 0 Å². The fraction of sp³-hybridized carbons (Fsp3) is 0.444. The monoisotopic (exact) mass is 346 g/mol. The van der Waals surface area contributed by atoms with Gasteiger partial charge in [0.1, 0.15) is 0 Å². The predicted octanol–water partition coefficient (Wildman–Crippen LogP) is 2.63. The Kier molecular flexibility index (Phi) is 4.92. The van der Waals surface area contributed by atoms with Crippen molar-refractivity contribution in [2.75, 3.05) is 13.1 Å². The highest BCUT2D eigenvalue weighted by molar-refractivity contribution is 6.30. The van der Waals surface area contributed by atoms with Crippen LogP contribution < -0.4 is 5.73 Å². The molecule has 128 valence electrons. The molecule has 1 fully saturated rings. The zero-order valence-corrected chi connectivity index (χ0v) is 14.9. The fourth-order valence-electron chi connectivity index (χ4n) is 3.26. The number of amides is 1. The Morgan fingerprint density at radius 3 is 2.71 bits per heavy atom. The zero-order valence-electron chi connectivity index (χ0n) is 14.1. The van der Waals surface area contributed by atoms with Crippen LogP contribution in [0.1, 0.15) is 29.8 Å². The van der Waals surface area contributed by atoms with Crippen LogP contribution in [0.5, 0.6) is 0 Å². The van der Waals surface area contributed by atoms with E-state index in [0.29, 0.717) is 18.0 Å². The van der Waals surface area contributed by atoms with Gasteiger partial charge in [-0.2, -0.15) is 5.10 Å². The molecular formula is C18H23ClN4O. The summed E-state index contributed by atoms with van der Waals surface area (Å²) in [5, 5.41) is 5.29. The van der Waals surface area contributed by atoms with E-state index in [4.69, 9.17) is 17.3 Å². The highest BCUT2D eigenvalue weighted by Gasteiger charge is 2.23. The zero-order chi connectivity index (χ0) is 17.3. The van der Waals surface area contributed by atoms with Gasteiger partial charge >= 0.3 is 0 Å². The highest BCUT2D eigenvalue weighted by Crippen LogP contribution is 2.21. The summed E-state index contributed by atoms with van der Waals surface area (Å²) in [6, 6.07) is 7.64. The minimum absolute atomic E-state index is 0.0988. The van der Waals surface area contributed by atoms with Gasteiger partial charge in [-0.3, -0.25) is 4.79 Å². The number of carbonyl (C=O) groups is 1. The molecular weight excluding hydrogens is 324 g/mol. The molecule has 0 radical (unpaired) electrons. The summed E-state index contributed by atoms with van der Waals surface area (Å²) < 4.78 is 1.87. The van der Waals surface area contributed by atoms with Crippen LogP contribution in [0.25, 0.3) is 5.69 Å². The molecule has 3 rings (SSSR count). The van der Waals surface area contributed by atoms with E-state index in [2.05, 4.69) is 5.10 Å². The number of nitrogens with zero attached hydrogens (tertiary/aromatic N) is 3. The van der Waals surface area contributed by atoms with E-state index in [-0.39, 0.29) is 11.9 Å². The normalized spacial score (nSPS) is 18.0. The first kappa shape index (κ1) is 17.0. The largest absolute Gasteiger partial charge is 0.341 e. The number of hydrogen-bond donors (Lipinski definition) is 1. The minimum Gasteiger partial charge on any atom is -0.341 e. The number of rotatable bonds is 3. The molecule has 2 aromatic rings. The molecule has 2 heterocycles. The molecule has 1 aromatic carbocycles. The number of likely N-dealkylation sites (tertiary alicyclic amines) is 1. The Bertz CT molecular complexity index is 738. The van der Waals surface area contributed by atoms with Gasteiger partial charge in [0.05, 0.1) is 17.8 Å². The van der Waals surface area contributed by atoms with Crippen molar-refractivity contribution in [1.82, 2.24) is 14.7 Å². The fourth-order valence-corrected chi connectivity index (χ4v) is 3.39. The van der Waals surface area contributed by atoms with Crippen molar-refractivity contribution in [2.45, 2.75) is 39.2 Å². The highest BCUT2D eigenvalue weighted by atomic mass is 35.5. The van der Waals surface area contributed by atoms with Crippen LogP contribution in [0, 0.1) is 13.8 Å². The number of carbonyl (C=O) groups excluding carboxylic acids is 1. The Morgan fingerprint density at radius 1 is 1.33 bits per heavy atom. The number of hydrogen-bond acceptors (Lipinski definition) is 3. The predicted molar refractivity (Wildman–Crippen MR) is 95.5 cm³/mol. The van der Waals surface area contributed by atoms with E-state index in [1.54, 1.807) is 0 Å². The smallest absolute Gasteiger partial charge is 0.227 e. The second-order valence-corrected chi connectivity index (χ2v) is 6.89. The lowest BCUT2D eigenvalue weighted by Gasteiger charge is -2.30. The number of nitrogens with two attached hydrogens (primary N) is 1. The van der Waals surface area contributed by atoms with Crippen molar-refractivity contribution in [1.29, 1.82) is 0 Å². The molecule has 0 spiro atoms. The van der Waals surface area contributed by atoms with Crippen molar-refractivity contribution in [2.24, 2.45) is 5.73 Å². The molecule has 1 amide bonds. The summed E-state index contributed by atoms with van der Waals surface area (Å²) in [7, 11) is 0. The molecule has 1 aromatic heterocycles. The number of piperidine rings is 1. The van der Waals surface area contributed by atoms with Gasteiger partial charge in [0.2, 0.25) is 5.91 Å². The van der Waals surface area contributed by atoms with Crippen molar-refractivity contribution in [3.8, 4) is 5.69 Å². The molecule has 1 aliphatic heterocycles. The van der Waals surface area contributed by atoms with Crippen molar-refractivity contribution in [3.63, 3.8) is 0 Å².